The molecule has 102 valence electrons. The summed E-state index contributed by atoms with van der Waals surface area (Å²) in [6.45, 7) is 0. The summed E-state index contributed by atoms with van der Waals surface area (Å²) < 4.78 is 0. The summed E-state index contributed by atoms with van der Waals surface area (Å²) in [6, 6.07) is 15.6. The molecule has 0 radical (unpaired) electrons. The molecule has 4 heteroatoms. The summed E-state index contributed by atoms with van der Waals surface area (Å²) in [5.74, 6) is 0. The number of rotatable bonds is 1. The molecule has 0 atom stereocenters. The molecule has 0 aliphatic carbocycles. The second kappa shape index (κ2) is 4.76. The highest BCUT2D eigenvalue weighted by Crippen LogP contribution is 2.34. The minimum Gasteiger partial charge on any atom is -0.359 e. The minimum atomic E-state index is 0.700. The molecular formula is C17H10Cl2N2. The molecule has 2 nitrogen and oxygen atoms in total. The molecule has 21 heavy (non-hydrogen) atoms. The van der Waals surface area contributed by atoms with Crippen LogP contribution in [0.3, 0.4) is 0 Å². The van der Waals surface area contributed by atoms with E-state index in [2.05, 4.69) is 4.98 Å². The minimum absolute atomic E-state index is 0.700. The Balaban J connectivity index is 2.03. The molecule has 0 unspecified atom stereocenters. The van der Waals surface area contributed by atoms with Gasteiger partial charge >= 0.3 is 0 Å². The van der Waals surface area contributed by atoms with Crippen LogP contribution in [-0.2, 0) is 0 Å². The van der Waals surface area contributed by atoms with Gasteiger partial charge < -0.3 is 4.98 Å². The molecule has 0 aliphatic heterocycles. The van der Waals surface area contributed by atoms with Crippen molar-refractivity contribution >= 4 is 45.0 Å². The highest BCUT2D eigenvalue weighted by Gasteiger charge is 2.11. The van der Waals surface area contributed by atoms with E-state index >= 15 is 0 Å². The molecule has 4 rings (SSSR count). The predicted octanol–water partition coefficient (Wildman–Crippen LogP) is 5.69. The zero-order valence-electron chi connectivity index (χ0n) is 10.9. The largest absolute Gasteiger partial charge is 0.359 e. The van der Waals surface area contributed by atoms with Crippen molar-refractivity contribution in [2.45, 2.75) is 0 Å². The molecular weight excluding hydrogens is 303 g/mol. The lowest BCUT2D eigenvalue weighted by Crippen LogP contribution is -1.85. The summed E-state index contributed by atoms with van der Waals surface area (Å²) in [6.07, 6.45) is 1.92. The topological polar surface area (TPSA) is 28.7 Å². The fraction of sp³-hybridized carbons (Fsp3) is 0. The van der Waals surface area contributed by atoms with E-state index in [1.165, 1.54) is 0 Å². The van der Waals surface area contributed by atoms with Crippen LogP contribution in [0.1, 0.15) is 0 Å². The lowest BCUT2D eigenvalue weighted by molar-refractivity contribution is 1.40. The number of nitrogens with zero attached hydrogens (tertiary/aromatic N) is 1. The molecule has 1 N–H and O–H groups in total. The number of hydrogen-bond acceptors (Lipinski definition) is 1. The zero-order chi connectivity index (χ0) is 14.4. The maximum absolute atomic E-state index is 6.39. The fourth-order valence-electron chi connectivity index (χ4n) is 2.60. The van der Waals surface area contributed by atoms with Gasteiger partial charge in [-0.2, -0.15) is 0 Å². The van der Waals surface area contributed by atoms with Crippen molar-refractivity contribution in [1.29, 1.82) is 0 Å². The standard InChI is InChI=1S/C17H10Cl2N2/c18-13-6-3-5-10-12(9-20-17(10)13)16-8-14(19)11-4-1-2-7-15(11)21-16/h1-9,20H. The Morgan fingerprint density at radius 2 is 1.67 bits per heavy atom. The third kappa shape index (κ3) is 1.99. The van der Waals surface area contributed by atoms with Gasteiger partial charge in [-0.15, -0.1) is 0 Å². The van der Waals surface area contributed by atoms with Crippen LogP contribution in [-0.4, -0.2) is 9.97 Å². The summed E-state index contributed by atoms with van der Waals surface area (Å²) >= 11 is 12.6. The molecule has 0 spiro atoms. The van der Waals surface area contributed by atoms with E-state index in [9.17, 15) is 0 Å². The van der Waals surface area contributed by atoms with Crippen molar-refractivity contribution in [3.05, 3.63) is 64.8 Å². The van der Waals surface area contributed by atoms with Crippen molar-refractivity contribution < 1.29 is 0 Å². The maximum Gasteiger partial charge on any atom is 0.0746 e. The van der Waals surface area contributed by atoms with Gasteiger partial charge in [-0.05, 0) is 18.2 Å². The summed E-state index contributed by atoms with van der Waals surface area (Å²) in [5, 5.41) is 3.40. The Kier molecular flexibility index (Phi) is 2.88. The van der Waals surface area contributed by atoms with Gasteiger partial charge in [0, 0.05) is 22.5 Å². The normalized spacial score (nSPS) is 11.3. The number of aromatic amines is 1. The first kappa shape index (κ1) is 12.7. The monoisotopic (exact) mass is 312 g/mol. The number of hydrogen-bond donors (Lipinski definition) is 1. The number of para-hydroxylation sites is 2. The molecule has 2 aromatic carbocycles. The van der Waals surface area contributed by atoms with Crippen molar-refractivity contribution in [1.82, 2.24) is 9.97 Å². The lowest BCUT2D eigenvalue weighted by atomic mass is 10.1. The van der Waals surface area contributed by atoms with Crippen LogP contribution in [0, 0.1) is 0 Å². The van der Waals surface area contributed by atoms with Crippen LogP contribution < -0.4 is 0 Å². The van der Waals surface area contributed by atoms with Gasteiger partial charge in [-0.3, -0.25) is 0 Å². The maximum atomic E-state index is 6.39. The lowest BCUT2D eigenvalue weighted by Gasteiger charge is -2.04. The SMILES string of the molecule is Clc1cc(-c2c[nH]c3c(Cl)cccc23)nc2ccccc12. The Bertz CT molecular complexity index is 973. The Labute approximate surface area is 131 Å². The Morgan fingerprint density at radius 1 is 0.857 bits per heavy atom. The Morgan fingerprint density at radius 3 is 2.57 bits per heavy atom. The summed E-state index contributed by atoms with van der Waals surface area (Å²) in [4.78, 5) is 7.92. The second-order valence-corrected chi connectivity index (χ2v) is 5.69. The first-order valence-corrected chi connectivity index (χ1v) is 7.31. The van der Waals surface area contributed by atoms with E-state index in [0.717, 1.165) is 33.1 Å². The van der Waals surface area contributed by atoms with E-state index in [1.54, 1.807) is 0 Å². The van der Waals surface area contributed by atoms with Crippen molar-refractivity contribution in [3.63, 3.8) is 0 Å². The van der Waals surface area contributed by atoms with Gasteiger partial charge in [0.2, 0.25) is 0 Å². The molecule has 2 heterocycles. The Hall–Kier alpha value is -2.03. The predicted molar refractivity (Wildman–Crippen MR) is 89.1 cm³/mol. The highest BCUT2D eigenvalue weighted by molar-refractivity contribution is 6.36. The van der Waals surface area contributed by atoms with Crippen molar-refractivity contribution in [3.8, 4) is 11.3 Å². The van der Waals surface area contributed by atoms with Crippen LogP contribution in [0.15, 0.2) is 54.7 Å². The van der Waals surface area contributed by atoms with E-state index in [4.69, 9.17) is 28.2 Å². The van der Waals surface area contributed by atoms with Crippen LogP contribution >= 0.6 is 23.2 Å². The average Bonchev–Trinajstić information content (AvgIpc) is 2.93. The first-order valence-electron chi connectivity index (χ1n) is 6.55. The molecule has 2 aromatic heterocycles. The molecule has 0 fully saturated rings. The smallest absolute Gasteiger partial charge is 0.0746 e. The van der Waals surface area contributed by atoms with Gasteiger partial charge in [0.25, 0.3) is 0 Å². The molecule has 4 aromatic rings. The fourth-order valence-corrected chi connectivity index (χ4v) is 3.09. The molecule has 0 bridgehead atoms. The van der Waals surface area contributed by atoms with Crippen LogP contribution in [0.4, 0.5) is 0 Å². The highest BCUT2D eigenvalue weighted by atomic mass is 35.5. The number of H-pyrrole nitrogens is 1. The summed E-state index contributed by atoms with van der Waals surface area (Å²) in [5.41, 5.74) is 3.64. The van der Waals surface area contributed by atoms with Crippen LogP contribution in [0.25, 0.3) is 33.1 Å². The van der Waals surface area contributed by atoms with E-state index in [-0.39, 0.29) is 0 Å². The van der Waals surface area contributed by atoms with E-state index < -0.39 is 0 Å². The average molecular weight is 313 g/mol. The number of halogens is 2. The number of aromatic nitrogens is 2. The quantitative estimate of drug-likeness (QED) is 0.480. The second-order valence-electron chi connectivity index (χ2n) is 4.87. The third-order valence-corrected chi connectivity index (χ3v) is 4.23. The number of nitrogens with one attached hydrogen (secondary N) is 1. The van der Waals surface area contributed by atoms with Gasteiger partial charge in [-0.25, -0.2) is 4.98 Å². The van der Waals surface area contributed by atoms with E-state index in [1.807, 2.05) is 54.7 Å². The molecule has 0 amide bonds. The van der Waals surface area contributed by atoms with Gasteiger partial charge in [0.15, 0.2) is 0 Å². The van der Waals surface area contributed by atoms with Gasteiger partial charge in [-0.1, -0.05) is 53.5 Å². The number of fused-ring (bicyclic) bond motifs is 2. The van der Waals surface area contributed by atoms with E-state index in [0.29, 0.717) is 10.0 Å². The van der Waals surface area contributed by atoms with Crippen LogP contribution in [0.5, 0.6) is 0 Å². The molecule has 0 saturated heterocycles. The summed E-state index contributed by atoms with van der Waals surface area (Å²) in [7, 11) is 0. The van der Waals surface area contributed by atoms with Crippen LogP contribution in [0.2, 0.25) is 10.0 Å². The van der Waals surface area contributed by atoms with Gasteiger partial charge in [0.1, 0.15) is 0 Å². The van der Waals surface area contributed by atoms with Gasteiger partial charge in [0.05, 0.1) is 26.8 Å². The van der Waals surface area contributed by atoms with Crippen molar-refractivity contribution in [2.24, 2.45) is 0 Å². The zero-order valence-corrected chi connectivity index (χ0v) is 12.4. The number of pyridine rings is 1. The molecule has 0 saturated carbocycles. The first-order chi connectivity index (χ1) is 10.2. The van der Waals surface area contributed by atoms with Crippen molar-refractivity contribution in [2.75, 3.05) is 0 Å². The number of benzene rings is 2. The molecule has 0 aliphatic rings. The third-order valence-electron chi connectivity index (χ3n) is 3.61.